The highest BCUT2D eigenvalue weighted by Crippen LogP contribution is 2.32. The summed E-state index contributed by atoms with van der Waals surface area (Å²) in [6.07, 6.45) is 4.57. The van der Waals surface area contributed by atoms with E-state index in [1.807, 2.05) is 0 Å². The molecule has 0 aromatic carbocycles. The fourth-order valence-electron chi connectivity index (χ4n) is 1.19. The van der Waals surface area contributed by atoms with Gasteiger partial charge < -0.3 is 10.5 Å². The number of hydrogen-bond donors (Lipinski definition) is 2. The molecule has 1 aromatic heterocycles. The van der Waals surface area contributed by atoms with Gasteiger partial charge in [0, 0.05) is 6.07 Å². The van der Waals surface area contributed by atoms with Crippen molar-refractivity contribution in [3.8, 4) is 5.75 Å². The molecule has 1 saturated carbocycles. The van der Waals surface area contributed by atoms with Crippen LogP contribution >= 0.6 is 0 Å². The smallest absolute Gasteiger partial charge is 0.229 e. The quantitative estimate of drug-likeness (QED) is 0.806. The highest BCUT2D eigenvalue weighted by molar-refractivity contribution is 7.92. The Balaban J connectivity index is 2.27. The molecule has 2 rings (SSSR count). The Morgan fingerprint density at radius 2 is 2.25 bits per heavy atom. The van der Waals surface area contributed by atoms with Crippen LogP contribution < -0.4 is 15.2 Å². The van der Waals surface area contributed by atoms with E-state index < -0.39 is 10.0 Å². The van der Waals surface area contributed by atoms with Crippen LogP contribution in [0.4, 0.5) is 11.5 Å². The molecule has 0 atom stereocenters. The Morgan fingerprint density at radius 3 is 2.81 bits per heavy atom. The third kappa shape index (κ3) is 2.99. The third-order valence-corrected chi connectivity index (χ3v) is 2.59. The number of nitrogen functional groups attached to an aromatic ring is 1. The molecule has 6 nitrogen and oxygen atoms in total. The number of ether oxygens (including phenoxy) is 1. The van der Waals surface area contributed by atoms with Gasteiger partial charge in [0.1, 0.15) is 17.3 Å². The molecule has 0 amide bonds. The summed E-state index contributed by atoms with van der Waals surface area (Å²) in [6, 6.07) is 1.52. The number of nitrogens with zero attached hydrogens (tertiary/aromatic N) is 1. The van der Waals surface area contributed by atoms with E-state index in [4.69, 9.17) is 10.5 Å². The number of pyridine rings is 1. The number of hydrogen-bond acceptors (Lipinski definition) is 5. The van der Waals surface area contributed by atoms with Crippen LogP contribution in [0.1, 0.15) is 12.8 Å². The molecular formula is C9H13N3O3S. The Morgan fingerprint density at radius 1 is 1.56 bits per heavy atom. The van der Waals surface area contributed by atoms with E-state index in [2.05, 4.69) is 9.71 Å². The molecule has 1 aliphatic rings. The molecule has 1 aromatic rings. The predicted molar refractivity (Wildman–Crippen MR) is 60.8 cm³/mol. The monoisotopic (exact) mass is 243 g/mol. The van der Waals surface area contributed by atoms with Crippen molar-refractivity contribution in [2.75, 3.05) is 16.7 Å². The van der Waals surface area contributed by atoms with Crippen molar-refractivity contribution in [1.82, 2.24) is 4.98 Å². The molecular weight excluding hydrogens is 230 g/mol. The molecule has 0 radical (unpaired) electrons. The molecule has 0 saturated heterocycles. The fourth-order valence-corrected chi connectivity index (χ4v) is 1.74. The molecule has 88 valence electrons. The SMILES string of the molecule is CS(=O)(=O)Nc1cnc(N)cc1OC1CC1. The van der Waals surface area contributed by atoms with E-state index >= 15 is 0 Å². The Kier molecular flexibility index (Phi) is 2.63. The van der Waals surface area contributed by atoms with E-state index in [0.29, 0.717) is 17.3 Å². The van der Waals surface area contributed by atoms with Crippen molar-refractivity contribution in [1.29, 1.82) is 0 Å². The van der Waals surface area contributed by atoms with Crippen LogP contribution in [-0.4, -0.2) is 25.8 Å². The van der Waals surface area contributed by atoms with E-state index in [0.717, 1.165) is 19.1 Å². The maximum Gasteiger partial charge on any atom is 0.229 e. The fraction of sp³-hybridized carbons (Fsp3) is 0.444. The normalized spacial score (nSPS) is 15.8. The first-order chi connectivity index (χ1) is 7.44. The molecule has 0 spiro atoms. The van der Waals surface area contributed by atoms with Crippen molar-refractivity contribution in [3.63, 3.8) is 0 Å². The first-order valence-electron chi connectivity index (χ1n) is 4.84. The average molecular weight is 243 g/mol. The molecule has 1 aliphatic carbocycles. The van der Waals surface area contributed by atoms with Crippen molar-refractivity contribution in [3.05, 3.63) is 12.3 Å². The summed E-state index contributed by atoms with van der Waals surface area (Å²) < 4.78 is 30.1. The van der Waals surface area contributed by atoms with Crippen molar-refractivity contribution >= 4 is 21.5 Å². The Hall–Kier alpha value is -1.50. The molecule has 0 aliphatic heterocycles. The summed E-state index contributed by atoms with van der Waals surface area (Å²) >= 11 is 0. The molecule has 1 fully saturated rings. The van der Waals surface area contributed by atoms with Gasteiger partial charge in [-0.25, -0.2) is 13.4 Å². The second-order valence-electron chi connectivity index (χ2n) is 3.80. The second-order valence-corrected chi connectivity index (χ2v) is 5.55. The number of anilines is 2. The van der Waals surface area contributed by atoms with Crippen LogP contribution in [0.25, 0.3) is 0 Å². The van der Waals surface area contributed by atoms with Gasteiger partial charge in [-0.3, -0.25) is 4.72 Å². The summed E-state index contributed by atoms with van der Waals surface area (Å²) in [7, 11) is -3.34. The average Bonchev–Trinajstić information content (AvgIpc) is 2.91. The van der Waals surface area contributed by atoms with Gasteiger partial charge in [0.25, 0.3) is 0 Å². The molecule has 3 N–H and O–H groups in total. The van der Waals surface area contributed by atoms with Gasteiger partial charge in [0.15, 0.2) is 0 Å². The van der Waals surface area contributed by atoms with Crippen molar-refractivity contribution < 1.29 is 13.2 Å². The molecule has 7 heteroatoms. The Bertz CT molecular complexity index is 497. The van der Waals surface area contributed by atoms with Crippen LogP contribution in [0.2, 0.25) is 0 Å². The standard InChI is InChI=1S/C9H13N3O3S/c1-16(13,14)12-7-5-11-9(10)4-8(7)15-6-2-3-6/h4-6,12H,2-3H2,1H3,(H2,10,11). The molecule has 0 unspecified atom stereocenters. The van der Waals surface area contributed by atoms with Crippen molar-refractivity contribution in [2.45, 2.75) is 18.9 Å². The minimum absolute atomic E-state index is 0.168. The lowest BCUT2D eigenvalue weighted by Gasteiger charge is -2.11. The lowest BCUT2D eigenvalue weighted by molar-refractivity contribution is 0.305. The van der Waals surface area contributed by atoms with E-state index in [9.17, 15) is 8.42 Å². The highest BCUT2D eigenvalue weighted by Gasteiger charge is 2.25. The van der Waals surface area contributed by atoms with E-state index in [1.54, 1.807) is 0 Å². The summed E-state index contributed by atoms with van der Waals surface area (Å²) in [6.45, 7) is 0. The van der Waals surface area contributed by atoms with Gasteiger partial charge in [0.2, 0.25) is 10.0 Å². The van der Waals surface area contributed by atoms with Crippen LogP contribution in [0.3, 0.4) is 0 Å². The van der Waals surface area contributed by atoms with Gasteiger partial charge in [-0.15, -0.1) is 0 Å². The topological polar surface area (TPSA) is 94.3 Å². The molecule has 16 heavy (non-hydrogen) atoms. The van der Waals surface area contributed by atoms with Crippen LogP contribution in [0.15, 0.2) is 12.3 Å². The van der Waals surface area contributed by atoms with Gasteiger partial charge in [-0.2, -0.15) is 0 Å². The zero-order valence-electron chi connectivity index (χ0n) is 8.80. The largest absolute Gasteiger partial charge is 0.488 e. The van der Waals surface area contributed by atoms with Crippen LogP contribution in [-0.2, 0) is 10.0 Å². The maximum atomic E-state index is 11.1. The van der Waals surface area contributed by atoms with E-state index in [1.165, 1.54) is 12.3 Å². The molecule has 1 heterocycles. The first kappa shape index (κ1) is 11.0. The van der Waals surface area contributed by atoms with Crippen LogP contribution in [0, 0.1) is 0 Å². The van der Waals surface area contributed by atoms with Crippen molar-refractivity contribution in [2.24, 2.45) is 0 Å². The molecule has 0 bridgehead atoms. The number of rotatable bonds is 4. The lowest BCUT2D eigenvalue weighted by Crippen LogP contribution is -2.12. The van der Waals surface area contributed by atoms with Gasteiger partial charge in [-0.05, 0) is 12.8 Å². The number of nitrogens with one attached hydrogen (secondary N) is 1. The number of aromatic nitrogens is 1. The predicted octanol–water partition coefficient (Wildman–Crippen LogP) is 0.576. The lowest BCUT2D eigenvalue weighted by atomic mass is 10.4. The second kappa shape index (κ2) is 3.82. The zero-order chi connectivity index (χ0) is 11.8. The van der Waals surface area contributed by atoms with Crippen LogP contribution in [0.5, 0.6) is 5.75 Å². The number of sulfonamides is 1. The summed E-state index contributed by atoms with van der Waals surface area (Å²) in [4.78, 5) is 3.82. The third-order valence-electron chi connectivity index (χ3n) is 2.00. The minimum atomic E-state index is -3.34. The van der Waals surface area contributed by atoms with Gasteiger partial charge in [0.05, 0.1) is 18.6 Å². The highest BCUT2D eigenvalue weighted by atomic mass is 32.2. The summed E-state index contributed by atoms with van der Waals surface area (Å²) in [5.74, 6) is 0.732. The van der Waals surface area contributed by atoms with Gasteiger partial charge in [-0.1, -0.05) is 0 Å². The summed E-state index contributed by atoms with van der Waals surface area (Å²) in [5.41, 5.74) is 5.84. The number of nitrogens with two attached hydrogens (primary N) is 1. The van der Waals surface area contributed by atoms with E-state index in [-0.39, 0.29) is 6.10 Å². The van der Waals surface area contributed by atoms with Gasteiger partial charge >= 0.3 is 0 Å². The maximum absolute atomic E-state index is 11.1. The zero-order valence-corrected chi connectivity index (χ0v) is 9.62. The Labute approximate surface area is 93.9 Å². The first-order valence-corrected chi connectivity index (χ1v) is 6.73. The minimum Gasteiger partial charge on any atom is -0.488 e. The summed E-state index contributed by atoms with van der Waals surface area (Å²) in [5, 5.41) is 0.